The zero-order chi connectivity index (χ0) is 27.9. The van der Waals surface area contributed by atoms with Crippen molar-refractivity contribution in [2.45, 2.75) is 82.7 Å². The maximum absolute atomic E-state index is 13.1. The van der Waals surface area contributed by atoms with Crippen LogP contribution in [0.25, 0.3) is 0 Å². The second kappa shape index (κ2) is 11.2. The molecule has 5 nitrogen and oxygen atoms in total. The molecule has 3 aliphatic carbocycles. The van der Waals surface area contributed by atoms with Crippen LogP contribution in [0, 0.1) is 23.2 Å². The number of alkyl halides is 5. The van der Waals surface area contributed by atoms with E-state index in [-0.39, 0.29) is 28.8 Å². The molecule has 6 atom stereocenters. The van der Waals surface area contributed by atoms with Crippen LogP contribution in [-0.2, 0) is 17.2 Å². The number of benzene rings is 1. The van der Waals surface area contributed by atoms with Gasteiger partial charge in [-0.2, -0.15) is 22.0 Å². The maximum Gasteiger partial charge on any atom is 0.488 e. The van der Waals surface area contributed by atoms with Crippen molar-refractivity contribution in [3.05, 3.63) is 29.3 Å². The van der Waals surface area contributed by atoms with Crippen molar-refractivity contribution in [2.24, 2.45) is 28.3 Å². The summed E-state index contributed by atoms with van der Waals surface area (Å²) >= 11 is 0. The van der Waals surface area contributed by atoms with Crippen molar-refractivity contribution < 1.29 is 41.4 Å². The first-order valence-corrected chi connectivity index (χ1v) is 14.8. The second-order valence-corrected chi connectivity index (χ2v) is 13.1. The summed E-state index contributed by atoms with van der Waals surface area (Å²) in [7, 11) is -3.06. The summed E-state index contributed by atoms with van der Waals surface area (Å²) in [6.07, 6.45) is -1.99. The van der Waals surface area contributed by atoms with Gasteiger partial charge in [-0.05, 0) is 91.6 Å². The first-order chi connectivity index (χ1) is 17.8. The molecule has 1 unspecified atom stereocenters. The number of hydrogen-bond donors (Lipinski definition) is 3. The quantitative estimate of drug-likeness (QED) is 0.175. The van der Waals surface area contributed by atoms with Gasteiger partial charge in [0.2, 0.25) is 0 Å². The highest BCUT2D eigenvalue weighted by molar-refractivity contribution is 7.84. The van der Waals surface area contributed by atoms with Gasteiger partial charge in [-0.1, -0.05) is 30.3 Å². The standard InChI is InChI=1S/C26H35BF5NO4S/c1-24-11-9-20-19-6-5-18(27(34)35)15-17(19)14-16(23(20)21(24)7-8-22(24)33-36)4-2-12-38(37)13-3-10-25(28,29)26(30,31)32/h5-6,15-16,20-21,23,34-36H,2-4,7-14H2,1H3/b33-22-/t16-,20-,21+,23-,24+,38?/m1/s1. The van der Waals surface area contributed by atoms with Crippen LogP contribution in [-0.4, -0.2) is 55.9 Å². The van der Waals surface area contributed by atoms with Gasteiger partial charge >= 0.3 is 19.2 Å². The fraction of sp³-hybridized carbons (Fsp3) is 0.731. The Bertz CT molecular complexity index is 1070. The lowest BCUT2D eigenvalue weighted by molar-refractivity contribution is -0.284. The van der Waals surface area contributed by atoms with Crippen LogP contribution in [0.5, 0.6) is 0 Å². The Labute approximate surface area is 222 Å². The minimum Gasteiger partial charge on any atom is -0.423 e. The predicted molar refractivity (Wildman–Crippen MR) is 136 cm³/mol. The van der Waals surface area contributed by atoms with E-state index in [1.54, 1.807) is 6.07 Å². The highest BCUT2D eigenvalue weighted by Crippen LogP contribution is 2.61. The number of rotatable bonds is 9. The number of fused-ring (bicyclic) bond motifs is 5. The van der Waals surface area contributed by atoms with E-state index in [0.29, 0.717) is 30.1 Å². The van der Waals surface area contributed by atoms with E-state index >= 15 is 0 Å². The minimum absolute atomic E-state index is 0.194. The molecule has 3 aliphatic rings. The van der Waals surface area contributed by atoms with Crippen molar-refractivity contribution in [2.75, 3.05) is 11.5 Å². The van der Waals surface area contributed by atoms with Gasteiger partial charge in [-0.3, -0.25) is 4.21 Å². The molecule has 0 aliphatic heterocycles. The molecule has 1 aromatic carbocycles. The zero-order valence-corrected chi connectivity index (χ0v) is 22.2. The molecule has 38 heavy (non-hydrogen) atoms. The monoisotopic (exact) mass is 563 g/mol. The third-order valence-electron chi connectivity index (χ3n) is 9.31. The lowest BCUT2D eigenvalue weighted by Gasteiger charge is -2.52. The third-order valence-corrected chi connectivity index (χ3v) is 10.8. The van der Waals surface area contributed by atoms with Gasteiger partial charge in [-0.15, -0.1) is 0 Å². The second-order valence-electron chi connectivity index (χ2n) is 11.4. The number of nitrogens with zero attached hydrogens (tertiary/aromatic N) is 1. The molecule has 3 N–H and O–H groups in total. The van der Waals surface area contributed by atoms with Crippen LogP contribution < -0.4 is 5.46 Å². The molecule has 1 aromatic rings. The third kappa shape index (κ3) is 5.68. The average Bonchev–Trinajstić information content (AvgIpc) is 3.18. The molecule has 0 amide bonds. The maximum atomic E-state index is 13.1. The first-order valence-electron chi connectivity index (χ1n) is 13.3. The summed E-state index contributed by atoms with van der Waals surface area (Å²) in [4.78, 5) is 0. The van der Waals surface area contributed by atoms with E-state index in [1.165, 1.54) is 5.56 Å². The Balaban J connectivity index is 1.45. The van der Waals surface area contributed by atoms with Crippen molar-refractivity contribution in [3.8, 4) is 0 Å². The molecule has 0 saturated heterocycles. The van der Waals surface area contributed by atoms with Gasteiger partial charge in [0.15, 0.2) is 0 Å². The fourth-order valence-corrected chi connectivity index (χ4v) is 8.57. The van der Waals surface area contributed by atoms with E-state index in [0.717, 1.165) is 43.4 Å². The Morgan fingerprint density at radius 1 is 1.13 bits per heavy atom. The average molecular weight is 563 g/mol. The van der Waals surface area contributed by atoms with Crippen LogP contribution >= 0.6 is 0 Å². The summed E-state index contributed by atoms with van der Waals surface area (Å²) in [5, 5.41) is 32.6. The van der Waals surface area contributed by atoms with Gasteiger partial charge in [-0.25, -0.2) is 0 Å². The Morgan fingerprint density at radius 3 is 2.50 bits per heavy atom. The van der Waals surface area contributed by atoms with Crippen molar-refractivity contribution in [3.63, 3.8) is 0 Å². The highest BCUT2D eigenvalue weighted by Gasteiger charge is 2.57. The summed E-state index contributed by atoms with van der Waals surface area (Å²) in [5.41, 5.74) is 3.34. The van der Waals surface area contributed by atoms with Crippen LogP contribution in [0.2, 0.25) is 0 Å². The molecule has 0 radical (unpaired) electrons. The molecule has 0 bridgehead atoms. The Kier molecular flexibility index (Phi) is 8.65. The number of halogens is 5. The molecule has 0 heterocycles. The van der Waals surface area contributed by atoms with Gasteiger partial charge in [0, 0.05) is 34.1 Å². The topological polar surface area (TPSA) is 90.1 Å². The molecule has 0 aromatic heterocycles. The lowest BCUT2D eigenvalue weighted by atomic mass is 9.52. The Morgan fingerprint density at radius 2 is 1.84 bits per heavy atom. The SMILES string of the molecule is C[C@]12CC[C@@H]3c4ccc(B(O)O)cc4C[C@@H](CCCS(=O)CCCC(F)(F)C(F)(F)F)[C@H]3[C@@H]1CC/C2=N/O. The number of hydrogen-bond acceptors (Lipinski definition) is 5. The molecule has 4 rings (SSSR count). The summed E-state index contributed by atoms with van der Waals surface area (Å²) in [6.45, 7) is 2.17. The molecular weight excluding hydrogens is 528 g/mol. The summed E-state index contributed by atoms with van der Waals surface area (Å²) in [6, 6.07) is 5.57. The van der Waals surface area contributed by atoms with E-state index in [4.69, 9.17) is 0 Å². The summed E-state index contributed by atoms with van der Waals surface area (Å²) in [5.74, 6) is -3.66. The van der Waals surface area contributed by atoms with Crippen LogP contribution in [0.4, 0.5) is 22.0 Å². The largest absolute Gasteiger partial charge is 0.488 e. The molecule has 12 heteroatoms. The number of oxime groups is 1. The van der Waals surface area contributed by atoms with Crippen molar-refractivity contribution >= 4 is 29.1 Å². The van der Waals surface area contributed by atoms with E-state index in [9.17, 15) is 41.4 Å². The van der Waals surface area contributed by atoms with Crippen LogP contribution in [0.3, 0.4) is 0 Å². The molecule has 2 fully saturated rings. The zero-order valence-electron chi connectivity index (χ0n) is 21.4. The van der Waals surface area contributed by atoms with Crippen molar-refractivity contribution in [1.82, 2.24) is 0 Å². The van der Waals surface area contributed by atoms with Gasteiger partial charge in [0.1, 0.15) is 0 Å². The highest BCUT2D eigenvalue weighted by atomic mass is 32.2. The van der Waals surface area contributed by atoms with E-state index in [1.807, 2.05) is 12.1 Å². The molecule has 212 valence electrons. The minimum atomic E-state index is -5.59. The fourth-order valence-electron chi connectivity index (χ4n) is 7.41. The van der Waals surface area contributed by atoms with Gasteiger partial charge in [0.05, 0.1) is 5.71 Å². The van der Waals surface area contributed by atoms with Gasteiger partial charge < -0.3 is 15.3 Å². The smallest absolute Gasteiger partial charge is 0.423 e. The molecule has 2 saturated carbocycles. The Hall–Kier alpha value is -1.53. The summed E-state index contributed by atoms with van der Waals surface area (Å²) < 4.78 is 75.8. The molecule has 0 spiro atoms. The van der Waals surface area contributed by atoms with Crippen LogP contribution in [0.15, 0.2) is 23.4 Å². The first kappa shape index (κ1) is 29.5. The van der Waals surface area contributed by atoms with Gasteiger partial charge in [0.25, 0.3) is 0 Å². The lowest BCUT2D eigenvalue weighted by Crippen LogP contribution is -2.46. The normalized spacial score (nSPS) is 31.0. The predicted octanol–water partition coefficient (Wildman–Crippen LogP) is 4.79. The van der Waals surface area contributed by atoms with Crippen molar-refractivity contribution in [1.29, 1.82) is 0 Å². The molecular formula is C26H35BF5NO4S. The van der Waals surface area contributed by atoms with E-state index in [2.05, 4.69) is 12.1 Å². The van der Waals surface area contributed by atoms with E-state index < -0.39 is 42.9 Å². The van der Waals surface area contributed by atoms with Crippen LogP contribution in [0.1, 0.15) is 75.3 Å².